The number of rotatable bonds is 7. The third-order valence-electron chi connectivity index (χ3n) is 8.90. The Labute approximate surface area is 287 Å². The van der Waals surface area contributed by atoms with Crippen LogP contribution in [0.15, 0.2) is 54.1 Å². The van der Waals surface area contributed by atoms with E-state index in [2.05, 4.69) is 0 Å². The standard InChI is InChI=1S/C37H48O12/c1-20-16-17-36(9,10)34(47-26(7)41)32(45-24(5)39)31(44-23(4)38)21(2)18-29-30(48-35(43)28-14-12-11-13-15-28)22(3)19-37(29,49-27(8)42)33(20)46-25(6)40/h11-18,20,22,29-34H,19H2,1-10H3/b17-16+,21-18+/t20-,22+,29-,30-,31-,32-,33-,34+,37+/m1/s1. The van der Waals surface area contributed by atoms with Crippen LogP contribution in [0.5, 0.6) is 0 Å². The van der Waals surface area contributed by atoms with Crippen molar-refractivity contribution in [2.75, 3.05) is 0 Å². The third kappa shape index (κ3) is 9.36. The molecule has 1 saturated carbocycles. The maximum Gasteiger partial charge on any atom is 0.338 e. The highest BCUT2D eigenvalue weighted by Gasteiger charge is 2.62. The normalized spacial score (nSPS) is 32.7. The number of fused-ring (bicyclic) bond motifs is 1. The average molecular weight is 685 g/mol. The van der Waals surface area contributed by atoms with Crippen LogP contribution in [0.1, 0.15) is 86.0 Å². The summed E-state index contributed by atoms with van der Waals surface area (Å²) in [6.45, 7) is 14.8. The minimum absolute atomic E-state index is 0.120. The molecule has 9 atom stereocenters. The summed E-state index contributed by atoms with van der Waals surface area (Å²) in [5.74, 6) is -6.08. The van der Waals surface area contributed by atoms with Gasteiger partial charge in [-0.25, -0.2) is 4.79 Å². The van der Waals surface area contributed by atoms with Gasteiger partial charge in [0.2, 0.25) is 0 Å². The zero-order valence-corrected chi connectivity index (χ0v) is 29.8. The van der Waals surface area contributed by atoms with E-state index in [1.165, 1.54) is 34.6 Å². The minimum Gasteiger partial charge on any atom is -0.458 e. The van der Waals surface area contributed by atoms with Gasteiger partial charge in [0.05, 0.1) is 11.5 Å². The van der Waals surface area contributed by atoms with Crippen LogP contribution >= 0.6 is 0 Å². The molecule has 1 aromatic carbocycles. The minimum atomic E-state index is -1.58. The second-order valence-corrected chi connectivity index (χ2v) is 13.6. The molecule has 3 rings (SSSR count). The van der Waals surface area contributed by atoms with Crippen LogP contribution in [0, 0.1) is 23.2 Å². The first kappa shape index (κ1) is 39.0. The van der Waals surface area contributed by atoms with Crippen LogP contribution in [0.4, 0.5) is 0 Å². The van der Waals surface area contributed by atoms with E-state index < -0.39 is 95.1 Å². The number of ether oxygens (including phenoxy) is 6. The van der Waals surface area contributed by atoms with Crippen LogP contribution in [0.2, 0.25) is 0 Å². The molecular weight excluding hydrogens is 636 g/mol. The van der Waals surface area contributed by atoms with Crippen molar-refractivity contribution in [3.63, 3.8) is 0 Å². The van der Waals surface area contributed by atoms with Crippen LogP contribution in [0.3, 0.4) is 0 Å². The van der Waals surface area contributed by atoms with E-state index >= 15 is 0 Å². The van der Waals surface area contributed by atoms with E-state index in [1.54, 1.807) is 76.3 Å². The van der Waals surface area contributed by atoms with Crippen molar-refractivity contribution in [2.45, 2.75) is 112 Å². The van der Waals surface area contributed by atoms with E-state index in [9.17, 15) is 28.8 Å². The molecule has 0 heterocycles. The lowest BCUT2D eigenvalue weighted by atomic mass is 9.74. The van der Waals surface area contributed by atoms with Crippen LogP contribution in [0.25, 0.3) is 0 Å². The molecule has 0 radical (unpaired) electrons. The molecule has 12 nitrogen and oxygen atoms in total. The first-order chi connectivity index (χ1) is 22.8. The summed E-state index contributed by atoms with van der Waals surface area (Å²) in [5, 5.41) is 0. The fraction of sp³-hybridized carbons (Fsp3) is 0.568. The molecular formula is C37H48O12. The van der Waals surface area contributed by atoms with Crippen molar-refractivity contribution in [1.29, 1.82) is 0 Å². The van der Waals surface area contributed by atoms with Gasteiger partial charge < -0.3 is 28.4 Å². The summed E-state index contributed by atoms with van der Waals surface area (Å²) >= 11 is 0. The Morgan fingerprint density at radius 1 is 0.694 bits per heavy atom. The number of hydrogen-bond donors (Lipinski definition) is 0. The van der Waals surface area contributed by atoms with E-state index in [-0.39, 0.29) is 6.42 Å². The van der Waals surface area contributed by atoms with Crippen molar-refractivity contribution in [1.82, 2.24) is 0 Å². The van der Waals surface area contributed by atoms with Crippen LogP contribution < -0.4 is 0 Å². The molecule has 2 aliphatic carbocycles. The van der Waals surface area contributed by atoms with Gasteiger partial charge in [0.1, 0.15) is 12.2 Å². The van der Waals surface area contributed by atoms with Gasteiger partial charge in [-0.1, -0.05) is 64.1 Å². The number of benzene rings is 1. The van der Waals surface area contributed by atoms with Gasteiger partial charge >= 0.3 is 35.8 Å². The Bertz CT molecular complexity index is 1480. The lowest BCUT2D eigenvalue weighted by molar-refractivity contribution is -0.196. The number of carbonyl (C=O) groups excluding carboxylic acids is 6. The first-order valence-electron chi connectivity index (χ1n) is 16.3. The zero-order chi connectivity index (χ0) is 36.8. The molecule has 0 aromatic heterocycles. The summed E-state index contributed by atoms with van der Waals surface area (Å²) in [7, 11) is 0. The topological polar surface area (TPSA) is 158 Å². The Morgan fingerprint density at radius 3 is 1.78 bits per heavy atom. The van der Waals surface area contributed by atoms with Gasteiger partial charge in [0.15, 0.2) is 23.9 Å². The van der Waals surface area contributed by atoms with Crippen LogP contribution in [-0.4, -0.2) is 71.9 Å². The van der Waals surface area contributed by atoms with Gasteiger partial charge in [-0.05, 0) is 37.0 Å². The molecule has 2 aliphatic rings. The van der Waals surface area contributed by atoms with E-state index in [0.29, 0.717) is 11.1 Å². The molecule has 0 amide bonds. The second kappa shape index (κ2) is 15.8. The predicted octanol–water partition coefficient (Wildman–Crippen LogP) is 5.08. The summed E-state index contributed by atoms with van der Waals surface area (Å²) < 4.78 is 35.8. The Balaban J connectivity index is 2.43. The quantitative estimate of drug-likeness (QED) is 0.214. The Hall–Kier alpha value is -4.48. The average Bonchev–Trinajstić information content (AvgIpc) is 3.23. The molecule has 0 unspecified atom stereocenters. The smallest absolute Gasteiger partial charge is 0.338 e. The highest BCUT2D eigenvalue weighted by atomic mass is 16.6. The van der Waals surface area contributed by atoms with Crippen LogP contribution in [-0.2, 0) is 52.4 Å². The molecule has 268 valence electrons. The molecule has 1 fully saturated rings. The maximum atomic E-state index is 13.5. The van der Waals surface area contributed by atoms with Gasteiger partial charge in [-0.2, -0.15) is 0 Å². The SMILES string of the molecule is CC(=O)O[C@@H]1[C@H](OC(C)=O)/C(C)=C/[C@@H]2[C@H](OC(=O)c3ccccc3)[C@@H](C)C[C@@]2(OC(C)=O)[C@H](OC(C)=O)[C@H](C)/C=C/C(C)(C)[C@H]1OC(C)=O. The second-order valence-electron chi connectivity index (χ2n) is 13.6. The number of hydrogen-bond acceptors (Lipinski definition) is 12. The predicted molar refractivity (Wildman–Crippen MR) is 175 cm³/mol. The fourth-order valence-electron chi connectivity index (χ4n) is 7.02. The van der Waals surface area contributed by atoms with E-state index in [4.69, 9.17) is 28.4 Å². The summed E-state index contributed by atoms with van der Waals surface area (Å²) in [6, 6.07) is 8.37. The lowest BCUT2D eigenvalue weighted by Crippen LogP contribution is -2.56. The van der Waals surface area contributed by atoms with Gasteiger partial charge in [-0.15, -0.1) is 0 Å². The third-order valence-corrected chi connectivity index (χ3v) is 8.90. The fourth-order valence-corrected chi connectivity index (χ4v) is 7.02. The summed E-state index contributed by atoms with van der Waals surface area (Å²) in [5.41, 5.74) is -2.05. The first-order valence-corrected chi connectivity index (χ1v) is 16.3. The molecule has 0 spiro atoms. The maximum absolute atomic E-state index is 13.5. The summed E-state index contributed by atoms with van der Waals surface area (Å²) in [4.78, 5) is 76.8. The Kier molecular flexibility index (Phi) is 12.6. The molecule has 12 heteroatoms. The van der Waals surface area contributed by atoms with E-state index in [1.807, 2.05) is 6.92 Å². The zero-order valence-electron chi connectivity index (χ0n) is 29.8. The molecule has 49 heavy (non-hydrogen) atoms. The largest absolute Gasteiger partial charge is 0.458 e. The van der Waals surface area contributed by atoms with Gasteiger partial charge in [-0.3, -0.25) is 24.0 Å². The van der Waals surface area contributed by atoms with Crippen molar-refractivity contribution in [2.24, 2.45) is 23.2 Å². The van der Waals surface area contributed by atoms with Crippen molar-refractivity contribution in [3.05, 3.63) is 59.7 Å². The molecule has 1 aromatic rings. The molecule has 0 N–H and O–H groups in total. The number of esters is 6. The van der Waals surface area contributed by atoms with Gasteiger partial charge in [0, 0.05) is 46.0 Å². The monoisotopic (exact) mass is 684 g/mol. The van der Waals surface area contributed by atoms with Crippen molar-refractivity contribution in [3.8, 4) is 0 Å². The number of carbonyl (C=O) groups is 6. The van der Waals surface area contributed by atoms with Crippen molar-refractivity contribution < 1.29 is 57.2 Å². The summed E-state index contributed by atoms with van der Waals surface area (Å²) in [6.07, 6.45) is -0.641. The highest BCUT2D eigenvalue weighted by molar-refractivity contribution is 5.89. The molecule has 0 bridgehead atoms. The van der Waals surface area contributed by atoms with Crippen molar-refractivity contribution >= 4 is 35.8 Å². The lowest BCUT2D eigenvalue weighted by Gasteiger charge is -2.44. The highest BCUT2D eigenvalue weighted by Crippen LogP contribution is 2.51. The van der Waals surface area contributed by atoms with E-state index in [0.717, 1.165) is 0 Å². The Morgan fingerprint density at radius 2 is 1.24 bits per heavy atom. The molecule has 0 saturated heterocycles. The molecule has 0 aliphatic heterocycles. The van der Waals surface area contributed by atoms with Gasteiger partial charge in [0.25, 0.3) is 0 Å².